The molecule has 3 nitrogen and oxygen atoms in total. The lowest BCUT2D eigenvalue weighted by Crippen LogP contribution is -2.19. The second-order valence-electron chi connectivity index (χ2n) is 5.83. The molecule has 1 aromatic carbocycles. The van der Waals surface area contributed by atoms with Gasteiger partial charge in [0.2, 0.25) is 0 Å². The molecule has 100 valence electrons. The average Bonchev–Trinajstić information content (AvgIpc) is 2.48. The van der Waals surface area contributed by atoms with Gasteiger partial charge < -0.3 is 5.11 Å². The Hall–Kier alpha value is -1.90. The van der Waals surface area contributed by atoms with Crippen LogP contribution in [0.25, 0.3) is 6.08 Å². The summed E-state index contributed by atoms with van der Waals surface area (Å²) in [6, 6.07) is 2.01. The Morgan fingerprint density at radius 2 is 2.00 bits per heavy atom. The SMILES string of the molecule is Cc1cc2c(c(C)c1/C=C/C(=O)O)C(=O)C(C)(C)C2. The Bertz CT molecular complexity index is 607. The van der Waals surface area contributed by atoms with Crippen LogP contribution in [0.2, 0.25) is 0 Å². The predicted octanol–water partition coefficient (Wildman–Crippen LogP) is 3.17. The van der Waals surface area contributed by atoms with Crippen LogP contribution in [-0.2, 0) is 11.2 Å². The van der Waals surface area contributed by atoms with E-state index in [0.717, 1.165) is 40.3 Å². The first kappa shape index (κ1) is 13.5. The molecule has 0 amide bonds. The fourth-order valence-electron chi connectivity index (χ4n) is 2.84. The maximum Gasteiger partial charge on any atom is 0.328 e. The van der Waals surface area contributed by atoms with Gasteiger partial charge in [0.05, 0.1) is 0 Å². The molecule has 0 aliphatic heterocycles. The molecule has 3 heteroatoms. The van der Waals surface area contributed by atoms with Gasteiger partial charge in [-0.25, -0.2) is 4.79 Å². The van der Waals surface area contributed by atoms with E-state index in [9.17, 15) is 9.59 Å². The number of carboxylic acid groups (broad SMARTS) is 1. The number of ketones is 1. The van der Waals surface area contributed by atoms with Crippen LogP contribution in [-0.4, -0.2) is 16.9 Å². The van der Waals surface area contributed by atoms with Gasteiger partial charge in [-0.05, 0) is 48.6 Å². The minimum atomic E-state index is -0.981. The van der Waals surface area contributed by atoms with Crippen molar-refractivity contribution in [3.63, 3.8) is 0 Å². The molecule has 0 aromatic heterocycles. The molecule has 0 fully saturated rings. The number of rotatable bonds is 2. The standard InChI is InChI=1S/C16H18O3/c1-9-7-11-8-16(3,4)15(19)14(11)10(2)12(9)5-6-13(17)18/h5-7H,8H2,1-4H3,(H,17,18)/b6-5+. The van der Waals surface area contributed by atoms with Crippen LogP contribution in [0.15, 0.2) is 12.1 Å². The number of benzene rings is 1. The van der Waals surface area contributed by atoms with E-state index >= 15 is 0 Å². The van der Waals surface area contributed by atoms with Crippen molar-refractivity contribution < 1.29 is 14.7 Å². The molecule has 1 N–H and O–H groups in total. The van der Waals surface area contributed by atoms with Crippen LogP contribution in [0.5, 0.6) is 0 Å². The van der Waals surface area contributed by atoms with E-state index in [1.54, 1.807) is 6.08 Å². The first-order valence-corrected chi connectivity index (χ1v) is 6.33. The summed E-state index contributed by atoms with van der Waals surface area (Å²) < 4.78 is 0. The van der Waals surface area contributed by atoms with Gasteiger partial charge in [-0.3, -0.25) is 4.79 Å². The maximum atomic E-state index is 12.4. The Kier molecular flexibility index (Phi) is 3.09. The molecule has 0 radical (unpaired) electrons. The molecule has 1 aromatic rings. The van der Waals surface area contributed by atoms with Crippen LogP contribution in [0.4, 0.5) is 0 Å². The first-order chi connectivity index (χ1) is 8.74. The normalized spacial score (nSPS) is 16.9. The van der Waals surface area contributed by atoms with E-state index in [0.29, 0.717) is 0 Å². The van der Waals surface area contributed by atoms with Gasteiger partial charge in [-0.1, -0.05) is 19.9 Å². The van der Waals surface area contributed by atoms with Gasteiger partial charge in [0.25, 0.3) is 0 Å². The molecule has 0 bridgehead atoms. The summed E-state index contributed by atoms with van der Waals surface area (Å²) in [5.74, 6) is -0.823. The van der Waals surface area contributed by atoms with Crippen LogP contribution in [0.1, 0.15) is 46.5 Å². The van der Waals surface area contributed by atoms with Crippen LogP contribution >= 0.6 is 0 Å². The first-order valence-electron chi connectivity index (χ1n) is 6.33. The monoisotopic (exact) mass is 258 g/mol. The zero-order chi connectivity index (χ0) is 14.4. The lowest BCUT2D eigenvalue weighted by atomic mass is 9.88. The quantitative estimate of drug-likeness (QED) is 0.829. The third kappa shape index (κ3) is 2.21. The van der Waals surface area contributed by atoms with Gasteiger partial charge >= 0.3 is 5.97 Å². The van der Waals surface area contributed by atoms with E-state index < -0.39 is 5.97 Å². The van der Waals surface area contributed by atoms with Crippen molar-refractivity contribution in [2.75, 3.05) is 0 Å². The Balaban J connectivity index is 2.61. The lowest BCUT2D eigenvalue weighted by molar-refractivity contribution is -0.131. The largest absolute Gasteiger partial charge is 0.478 e. The Morgan fingerprint density at radius 3 is 2.58 bits per heavy atom. The zero-order valence-corrected chi connectivity index (χ0v) is 11.7. The molecule has 2 rings (SSSR count). The highest BCUT2D eigenvalue weighted by Crippen LogP contribution is 2.39. The zero-order valence-electron chi connectivity index (χ0n) is 11.7. The summed E-state index contributed by atoms with van der Waals surface area (Å²) in [7, 11) is 0. The van der Waals surface area contributed by atoms with Gasteiger partial charge in [0, 0.05) is 17.1 Å². The van der Waals surface area contributed by atoms with E-state index in [1.165, 1.54) is 0 Å². The fourth-order valence-corrected chi connectivity index (χ4v) is 2.84. The van der Waals surface area contributed by atoms with Gasteiger partial charge in [-0.2, -0.15) is 0 Å². The average molecular weight is 258 g/mol. The highest BCUT2D eigenvalue weighted by atomic mass is 16.4. The Morgan fingerprint density at radius 1 is 1.37 bits per heavy atom. The van der Waals surface area contributed by atoms with Crippen molar-refractivity contribution in [2.45, 2.75) is 34.1 Å². The lowest BCUT2D eigenvalue weighted by Gasteiger charge is -2.13. The highest BCUT2D eigenvalue weighted by Gasteiger charge is 2.39. The number of hydrogen-bond donors (Lipinski definition) is 1. The minimum Gasteiger partial charge on any atom is -0.478 e. The second-order valence-corrected chi connectivity index (χ2v) is 5.83. The highest BCUT2D eigenvalue weighted by molar-refractivity contribution is 6.06. The minimum absolute atomic E-state index is 0.157. The molecule has 0 heterocycles. The topological polar surface area (TPSA) is 54.4 Å². The molecule has 19 heavy (non-hydrogen) atoms. The molecular weight excluding hydrogens is 240 g/mol. The number of carboxylic acids is 1. The molecular formula is C16H18O3. The van der Waals surface area contributed by atoms with Crippen LogP contribution in [0.3, 0.4) is 0 Å². The van der Waals surface area contributed by atoms with E-state index in [2.05, 4.69) is 0 Å². The summed E-state index contributed by atoms with van der Waals surface area (Å²) >= 11 is 0. The van der Waals surface area contributed by atoms with E-state index in [-0.39, 0.29) is 11.2 Å². The molecule has 0 spiro atoms. The molecule has 1 aliphatic rings. The number of hydrogen-bond acceptors (Lipinski definition) is 2. The maximum absolute atomic E-state index is 12.4. The third-order valence-electron chi connectivity index (χ3n) is 3.78. The third-order valence-corrected chi connectivity index (χ3v) is 3.78. The summed E-state index contributed by atoms with van der Waals surface area (Å²) in [5, 5.41) is 8.73. The molecule has 1 aliphatic carbocycles. The van der Waals surface area contributed by atoms with Gasteiger partial charge in [0.15, 0.2) is 5.78 Å². The van der Waals surface area contributed by atoms with Crippen molar-refractivity contribution >= 4 is 17.8 Å². The number of aliphatic carboxylic acids is 1. The van der Waals surface area contributed by atoms with Crippen molar-refractivity contribution in [3.05, 3.63) is 40.0 Å². The van der Waals surface area contributed by atoms with Gasteiger partial charge in [0.1, 0.15) is 0 Å². The second kappa shape index (κ2) is 4.34. The van der Waals surface area contributed by atoms with Crippen LogP contribution in [0, 0.1) is 19.3 Å². The Labute approximate surface area is 113 Å². The summed E-state index contributed by atoms with van der Waals surface area (Å²) in [6.07, 6.45) is 3.45. The summed E-state index contributed by atoms with van der Waals surface area (Å²) in [4.78, 5) is 23.0. The van der Waals surface area contributed by atoms with E-state index in [4.69, 9.17) is 5.11 Å². The van der Waals surface area contributed by atoms with Crippen molar-refractivity contribution in [3.8, 4) is 0 Å². The number of aryl methyl sites for hydroxylation is 1. The van der Waals surface area contributed by atoms with Crippen molar-refractivity contribution in [1.82, 2.24) is 0 Å². The summed E-state index contributed by atoms with van der Waals surface area (Å²) in [5.41, 5.74) is 4.25. The molecule has 0 atom stereocenters. The van der Waals surface area contributed by atoms with Crippen molar-refractivity contribution in [2.24, 2.45) is 5.41 Å². The van der Waals surface area contributed by atoms with Gasteiger partial charge in [-0.15, -0.1) is 0 Å². The predicted molar refractivity (Wildman–Crippen MR) is 74.4 cm³/mol. The van der Waals surface area contributed by atoms with E-state index in [1.807, 2.05) is 33.8 Å². The number of carbonyl (C=O) groups excluding carboxylic acids is 1. The van der Waals surface area contributed by atoms with Crippen molar-refractivity contribution in [1.29, 1.82) is 0 Å². The smallest absolute Gasteiger partial charge is 0.328 e. The number of carbonyl (C=O) groups is 2. The molecule has 0 saturated heterocycles. The molecule has 0 saturated carbocycles. The summed E-state index contributed by atoms with van der Waals surface area (Å²) in [6.45, 7) is 7.75. The number of fused-ring (bicyclic) bond motifs is 1. The van der Waals surface area contributed by atoms with Crippen LogP contribution < -0.4 is 0 Å². The molecule has 0 unspecified atom stereocenters. The number of Topliss-reactive ketones (excluding diaryl/α,β-unsaturated/α-hetero) is 1. The fraction of sp³-hybridized carbons (Fsp3) is 0.375.